The number of nitrogen functional groups attached to an aromatic ring is 2. The first-order chi connectivity index (χ1) is 27.0. The maximum absolute atomic E-state index is 12.7. The van der Waals surface area contributed by atoms with Crippen molar-refractivity contribution in [3.05, 3.63) is 95.6 Å². The number of nitrogens with one attached hydrogen (secondary N) is 1. The molecule has 0 radical (unpaired) electrons. The Morgan fingerprint density at radius 2 is 1.38 bits per heavy atom. The van der Waals surface area contributed by atoms with Crippen LogP contribution in [0, 0.1) is 13.8 Å². The van der Waals surface area contributed by atoms with E-state index in [0.717, 1.165) is 4.68 Å². The van der Waals surface area contributed by atoms with Crippen molar-refractivity contribution in [2.75, 3.05) is 42.7 Å². The van der Waals surface area contributed by atoms with Crippen molar-refractivity contribution >= 4 is 46.4 Å². The van der Waals surface area contributed by atoms with Gasteiger partial charge in [-0.1, -0.05) is 36.4 Å². The van der Waals surface area contributed by atoms with Gasteiger partial charge in [-0.25, -0.2) is 14.2 Å². The van der Waals surface area contributed by atoms with Crippen LogP contribution in [0.5, 0.6) is 6.01 Å². The number of aryl methyl sites for hydroxylation is 2. The van der Waals surface area contributed by atoms with Gasteiger partial charge >= 0.3 is 12.0 Å². The van der Waals surface area contributed by atoms with Gasteiger partial charge in [0.15, 0.2) is 34.7 Å². The lowest BCUT2D eigenvalue weighted by Crippen LogP contribution is -2.28. The number of carbonyl (C=O) groups is 2. The number of hydrogen-bond donors (Lipinski definition) is 5. The number of carbonyl (C=O) groups excluding carboxylic acids is 2. The predicted molar refractivity (Wildman–Crippen MR) is 200 cm³/mol. The van der Waals surface area contributed by atoms with Crippen molar-refractivity contribution in [3.63, 3.8) is 0 Å². The van der Waals surface area contributed by atoms with Crippen LogP contribution in [0.25, 0.3) is 23.3 Å². The summed E-state index contributed by atoms with van der Waals surface area (Å²) in [5.74, 6) is -1.33. The zero-order chi connectivity index (χ0) is 39.7. The van der Waals surface area contributed by atoms with Crippen LogP contribution in [-0.4, -0.2) is 96.8 Å². The molecule has 5 aromatic heterocycles. The van der Waals surface area contributed by atoms with Gasteiger partial charge in [0.25, 0.3) is 11.9 Å². The van der Waals surface area contributed by atoms with Crippen LogP contribution in [0.15, 0.2) is 83.3 Å². The molecule has 0 spiro atoms. The molecule has 0 atom stereocenters. The van der Waals surface area contributed by atoms with E-state index in [1.807, 2.05) is 36.4 Å². The summed E-state index contributed by atoms with van der Waals surface area (Å²) >= 11 is 0. The summed E-state index contributed by atoms with van der Waals surface area (Å²) in [6.45, 7) is 2.53. The highest BCUT2D eigenvalue weighted by atomic mass is 16.5. The molecule has 22 heteroatoms. The van der Waals surface area contributed by atoms with Gasteiger partial charge in [-0.15, -0.1) is 10.2 Å². The van der Waals surface area contributed by atoms with E-state index >= 15 is 0 Å². The van der Waals surface area contributed by atoms with Gasteiger partial charge in [-0.05, 0) is 38.1 Å². The summed E-state index contributed by atoms with van der Waals surface area (Å²) in [6, 6.07) is 17.4. The van der Waals surface area contributed by atoms with Crippen LogP contribution in [0.1, 0.15) is 32.1 Å². The third-order valence-electron chi connectivity index (χ3n) is 8.32. The number of aliphatic hydroxyl groups is 1. The van der Waals surface area contributed by atoms with E-state index in [-0.39, 0.29) is 52.0 Å². The molecule has 0 aliphatic rings. The molecule has 5 heterocycles. The Balaban J connectivity index is 1.22. The number of para-hydroxylation sites is 2. The maximum Gasteiger partial charge on any atom is 0.343 e. The number of hydrazine groups is 1. The number of anilines is 4. The van der Waals surface area contributed by atoms with Crippen molar-refractivity contribution in [2.45, 2.75) is 13.8 Å². The molecule has 22 nitrogen and oxygen atoms in total. The summed E-state index contributed by atoms with van der Waals surface area (Å²) in [5.41, 5.74) is 18.9. The summed E-state index contributed by atoms with van der Waals surface area (Å²) in [7, 11) is 2.92. The number of aromatic nitrogens is 11. The number of azo groups is 1. The second-order valence-corrected chi connectivity index (χ2v) is 11.9. The number of ketones is 1. The van der Waals surface area contributed by atoms with Crippen molar-refractivity contribution in [1.29, 1.82) is 0 Å². The molecular formula is C34H33N17O5. The number of methoxy groups -OCH3 is 1. The molecule has 7 N–H and O–H groups in total. The fraction of sp³-hybridized carbons (Fsp3) is 0.147. The number of benzene rings is 2. The van der Waals surface area contributed by atoms with Crippen LogP contribution in [0.3, 0.4) is 0 Å². The zero-order valence-electron chi connectivity index (χ0n) is 30.2. The van der Waals surface area contributed by atoms with Crippen molar-refractivity contribution in [3.8, 4) is 29.3 Å². The minimum atomic E-state index is -0.766. The number of nitrogens with two attached hydrogens (primary N) is 2. The monoisotopic (exact) mass is 759 g/mol. The number of aliphatic hydroxyl groups excluding tert-OH is 1. The Morgan fingerprint density at radius 1 is 0.804 bits per heavy atom. The third-order valence-corrected chi connectivity index (χ3v) is 8.32. The Hall–Kier alpha value is -8.01. The van der Waals surface area contributed by atoms with Gasteiger partial charge in [0.1, 0.15) is 17.9 Å². The van der Waals surface area contributed by atoms with Crippen LogP contribution < -0.4 is 21.9 Å². The van der Waals surface area contributed by atoms with E-state index in [2.05, 4.69) is 51.0 Å². The largest absolute Gasteiger partial charge is 0.479 e. The molecule has 0 amide bonds. The highest BCUT2D eigenvalue weighted by molar-refractivity contribution is 6.00. The SMILES string of the molecule is COC(=O)c1cnn(-c2ccccc2)c1NN(C)c1c(C)nn(-c2nc(O)nc(-n3nc(C)c(N=Nc4c(C(=O)CO)cnn4-c4ccccc4)c3N)n2)c1N. The first-order valence-electron chi connectivity index (χ1n) is 16.6. The Kier molecular flexibility index (Phi) is 9.60. The number of hydrogen-bond acceptors (Lipinski definition) is 18. The second-order valence-electron chi connectivity index (χ2n) is 11.9. The topological polar surface area (TPSA) is 286 Å². The summed E-state index contributed by atoms with van der Waals surface area (Å²) in [6.07, 6.45) is 2.67. The number of aromatic hydroxyl groups is 1. The minimum absolute atomic E-state index is 0.0359. The average molecular weight is 760 g/mol. The van der Waals surface area contributed by atoms with Gasteiger partial charge in [-0.3, -0.25) is 15.2 Å². The Bertz CT molecular complexity index is 2610. The van der Waals surface area contributed by atoms with E-state index in [9.17, 15) is 19.8 Å². The normalized spacial score (nSPS) is 11.3. The number of esters is 1. The number of rotatable bonds is 12. The fourth-order valence-electron chi connectivity index (χ4n) is 5.72. The predicted octanol–water partition coefficient (Wildman–Crippen LogP) is 2.94. The molecule has 0 aliphatic carbocycles. The number of Topliss-reactive ketones (excluding diaryl/α,β-unsaturated/α-hetero) is 1. The second kappa shape index (κ2) is 14.8. The van der Waals surface area contributed by atoms with Gasteiger partial charge in [-0.2, -0.15) is 44.7 Å². The first-order valence-corrected chi connectivity index (χ1v) is 16.6. The summed E-state index contributed by atoms with van der Waals surface area (Å²) in [5, 5.41) is 47.9. The molecule has 0 bridgehead atoms. The lowest BCUT2D eigenvalue weighted by molar-refractivity contribution is 0.0601. The van der Waals surface area contributed by atoms with E-state index in [4.69, 9.17) is 16.2 Å². The smallest absolute Gasteiger partial charge is 0.343 e. The lowest BCUT2D eigenvalue weighted by atomic mass is 10.2. The van der Waals surface area contributed by atoms with Crippen molar-refractivity contribution < 1.29 is 24.5 Å². The molecule has 7 aromatic rings. The van der Waals surface area contributed by atoms with E-state index in [1.54, 1.807) is 45.2 Å². The van der Waals surface area contributed by atoms with E-state index in [1.165, 1.54) is 38.6 Å². The molecule has 0 saturated heterocycles. The van der Waals surface area contributed by atoms with Crippen LogP contribution in [0.2, 0.25) is 0 Å². The highest BCUT2D eigenvalue weighted by Crippen LogP contribution is 2.34. The van der Waals surface area contributed by atoms with Crippen LogP contribution in [-0.2, 0) is 4.74 Å². The summed E-state index contributed by atoms with van der Waals surface area (Å²) in [4.78, 5) is 37.7. The maximum atomic E-state index is 12.7. The fourth-order valence-corrected chi connectivity index (χ4v) is 5.72. The highest BCUT2D eigenvalue weighted by Gasteiger charge is 2.26. The van der Waals surface area contributed by atoms with Gasteiger partial charge < -0.3 is 26.4 Å². The van der Waals surface area contributed by atoms with Crippen LogP contribution >= 0.6 is 0 Å². The zero-order valence-corrected chi connectivity index (χ0v) is 30.2. The standard InChI is InChI=1S/C34H33N17O5/c1-18-25(42-43-29-22(24(53)17-52)15-37-48(29)20-11-7-5-8-12-20)27(35)50(44-18)32-39-33(41-34(55)40-32)51-28(36)26(19(2)45-51)47(3)46-30-23(31(54)56-4)16-38-49(30)21-13-9-6-10-14-21/h5-16,46,52H,17,35-36H2,1-4H3,(H,39,40,41,55). The first kappa shape index (κ1) is 36.4. The lowest BCUT2D eigenvalue weighted by Gasteiger charge is -2.23. The molecule has 0 aliphatic heterocycles. The summed E-state index contributed by atoms with van der Waals surface area (Å²) < 4.78 is 10.2. The molecule has 0 unspecified atom stereocenters. The minimum Gasteiger partial charge on any atom is -0.479 e. The average Bonchev–Trinajstić information content (AvgIpc) is 3.97. The number of ether oxygens (including phenoxy) is 1. The molecule has 2 aromatic carbocycles. The van der Waals surface area contributed by atoms with Crippen molar-refractivity contribution in [1.82, 2.24) is 54.1 Å². The molecule has 56 heavy (non-hydrogen) atoms. The van der Waals surface area contributed by atoms with Crippen LogP contribution in [0.4, 0.5) is 34.6 Å². The molecule has 284 valence electrons. The third kappa shape index (κ3) is 6.57. The van der Waals surface area contributed by atoms with Gasteiger partial charge in [0.05, 0.1) is 47.8 Å². The number of nitrogens with zero attached hydrogens (tertiary/aromatic N) is 14. The molecule has 0 saturated carbocycles. The van der Waals surface area contributed by atoms with Gasteiger partial charge in [0.2, 0.25) is 0 Å². The molecular weight excluding hydrogens is 726 g/mol. The van der Waals surface area contributed by atoms with Gasteiger partial charge in [0, 0.05) is 7.05 Å². The quantitative estimate of drug-likeness (QED) is 0.0518. The van der Waals surface area contributed by atoms with Crippen molar-refractivity contribution in [2.24, 2.45) is 10.2 Å². The van der Waals surface area contributed by atoms with E-state index < -0.39 is 24.4 Å². The Labute approximate surface area is 316 Å². The Morgan fingerprint density at radius 3 is 2.00 bits per heavy atom. The van der Waals surface area contributed by atoms with E-state index in [0.29, 0.717) is 28.5 Å². The molecule has 0 fully saturated rings. The molecule has 7 rings (SSSR count).